The highest BCUT2D eigenvalue weighted by atomic mass is 35.5. The molecular weight excluding hydrogens is 333 g/mol. The maximum atomic E-state index is 12.2. The van der Waals surface area contributed by atoms with E-state index >= 15 is 0 Å². The normalized spacial score (nSPS) is 21.6. The van der Waals surface area contributed by atoms with Crippen LogP contribution in [0.1, 0.15) is 39.0 Å². The number of hydrogen-bond donors (Lipinski definition) is 2. The molecule has 6 heteroatoms. The molecule has 23 heavy (non-hydrogen) atoms. The fraction of sp³-hybridized carbons (Fsp3) is 0.824. The topological polar surface area (TPSA) is 44.4 Å². The Morgan fingerprint density at radius 2 is 1.87 bits per heavy atom. The molecule has 0 aromatic rings. The lowest BCUT2D eigenvalue weighted by atomic mass is 9.84. The summed E-state index contributed by atoms with van der Waals surface area (Å²) in [6.07, 6.45) is 7.22. The van der Waals surface area contributed by atoms with Crippen LogP contribution in [0.2, 0.25) is 0 Å². The largest absolute Gasteiger partial charge is 0.353 e. The van der Waals surface area contributed by atoms with Gasteiger partial charge < -0.3 is 10.6 Å². The van der Waals surface area contributed by atoms with Crippen molar-refractivity contribution >= 4 is 30.7 Å². The SMILES string of the molecule is C=CCN1CCC(NC(=O)CC(C)C2CCNCC2)CC1.Cl.Cl. The summed E-state index contributed by atoms with van der Waals surface area (Å²) in [4.78, 5) is 14.6. The minimum atomic E-state index is 0. The van der Waals surface area contributed by atoms with Crippen LogP contribution in [-0.2, 0) is 4.79 Å². The van der Waals surface area contributed by atoms with E-state index in [1.54, 1.807) is 0 Å². The number of hydrogen-bond acceptors (Lipinski definition) is 3. The Balaban J connectivity index is 0.00000242. The van der Waals surface area contributed by atoms with Crippen LogP contribution in [0.15, 0.2) is 12.7 Å². The summed E-state index contributed by atoms with van der Waals surface area (Å²) in [5, 5.41) is 6.64. The van der Waals surface area contributed by atoms with Crippen LogP contribution in [0.4, 0.5) is 0 Å². The van der Waals surface area contributed by atoms with Gasteiger partial charge in [0.25, 0.3) is 0 Å². The molecule has 2 rings (SSSR count). The Kier molecular flexibility index (Phi) is 12.0. The number of likely N-dealkylation sites (tertiary alicyclic amines) is 1. The first-order valence-corrected chi connectivity index (χ1v) is 8.52. The van der Waals surface area contributed by atoms with Crippen molar-refractivity contribution in [3.63, 3.8) is 0 Å². The summed E-state index contributed by atoms with van der Waals surface area (Å²) in [7, 11) is 0. The Hall–Kier alpha value is -0.290. The minimum absolute atomic E-state index is 0. The van der Waals surface area contributed by atoms with E-state index in [2.05, 4.69) is 29.0 Å². The Morgan fingerprint density at radius 1 is 1.26 bits per heavy atom. The highest BCUT2D eigenvalue weighted by Gasteiger charge is 2.24. The fourth-order valence-electron chi connectivity index (χ4n) is 3.60. The molecule has 1 atom stereocenters. The van der Waals surface area contributed by atoms with Crippen molar-refractivity contribution in [1.29, 1.82) is 0 Å². The van der Waals surface area contributed by atoms with Gasteiger partial charge in [0.2, 0.25) is 5.91 Å². The van der Waals surface area contributed by atoms with Crippen molar-refractivity contribution in [2.24, 2.45) is 11.8 Å². The molecule has 2 heterocycles. The standard InChI is InChI=1S/C17H31N3O.2ClH/c1-3-10-20-11-6-16(7-12-20)19-17(21)13-14(2)15-4-8-18-9-5-15;;/h3,14-16,18H,1,4-13H2,2H3,(H,19,21);2*1H. The summed E-state index contributed by atoms with van der Waals surface area (Å²) >= 11 is 0. The van der Waals surface area contributed by atoms with Crippen LogP contribution in [-0.4, -0.2) is 49.6 Å². The van der Waals surface area contributed by atoms with Gasteiger partial charge in [-0.3, -0.25) is 9.69 Å². The Bertz CT molecular complexity index is 341. The van der Waals surface area contributed by atoms with E-state index in [-0.39, 0.29) is 30.7 Å². The number of carbonyl (C=O) groups excluding carboxylic acids is 1. The lowest BCUT2D eigenvalue weighted by molar-refractivity contribution is -0.123. The summed E-state index contributed by atoms with van der Waals surface area (Å²) in [5.41, 5.74) is 0. The van der Waals surface area contributed by atoms with Gasteiger partial charge in [-0.05, 0) is 50.6 Å². The molecule has 0 bridgehead atoms. The first-order chi connectivity index (χ1) is 10.2. The van der Waals surface area contributed by atoms with Crippen molar-refractivity contribution in [3.8, 4) is 0 Å². The number of rotatable bonds is 6. The molecule has 0 aliphatic carbocycles. The molecule has 4 nitrogen and oxygen atoms in total. The van der Waals surface area contributed by atoms with Gasteiger partial charge >= 0.3 is 0 Å². The van der Waals surface area contributed by atoms with E-state index in [9.17, 15) is 4.79 Å². The van der Waals surface area contributed by atoms with E-state index in [4.69, 9.17) is 0 Å². The number of piperidine rings is 2. The molecule has 0 aromatic heterocycles. The van der Waals surface area contributed by atoms with E-state index in [0.29, 0.717) is 24.3 Å². The van der Waals surface area contributed by atoms with E-state index in [0.717, 1.165) is 45.6 Å². The first kappa shape index (κ1) is 22.7. The van der Waals surface area contributed by atoms with E-state index in [1.807, 2.05) is 6.08 Å². The number of carbonyl (C=O) groups is 1. The maximum Gasteiger partial charge on any atom is 0.220 e. The van der Waals surface area contributed by atoms with Crippen molar-refractivity contribution in [2.45, 2.75) is 45.1 Å². The van der Waals surface area contributed by atoms with Gasteiger partial charge in [-0.25, -0.2) is 0 Å². The molecule has 0 saturated carbocycles. The second-order valence-electron chi connectivity index (χ2n) is 6.70. The summed E-state index contributed by atoms with van der Waals surface area (Å²) in [5.74, 6) is 1.47. The first-order valence-electron chi connectivity index (χ1n) is 8.52. The third-order valence-electron chi connectivity index (χ3n) is 5.04. The molecule has 0 aromatic carbocycles. The molecular formula is C17H33Cl2N3O. The van der Waals surface area contributed by atoms with Crippen LogP contribution in [0.5, 0.6) is 0 Å². The van der Waals surface area contributed by atoms with Gasteiger partial charge in [-0.15, -0.1) is 31.4 Å². The minimum Gasteiger partial charge on any atom is -0.353 e. The van der Waals surface area contributed by atoms with Crippen LogP contribution in [0.25, 0.3) is 0 Å². The van der Waals surface area contributed by atoms with Gasteiger partial charge in [0.15, 0.2) is 0 Å². The van der Waals surface area contributed by atoms with Crippen molar-refractivity contribution in [1.82, 2.24) is 15.5 Å². The molecule has 2 aliphatic heterocycles. The van der Waals surface area contributed by atoms with Crippen LogP contribution >= 0.6 is 24.8 Å². The number of halogens is 2. The second-order valence-corrected chi connectivity index (χ2v) is 6.70. The van der Waals surface area contributed by atoms with E-state index < -0.39 is 0 Å². The van der Waals surface area contributed by atoms with Crippen molar-refractivity contribution < 1.29 is 4.79 Å². The zero-order valence-corrected chi connectivity index (χ0v) is 15.9. The van der Waals surface area contributed by atoms with Crippen LogP contribution in [0.3, 0.4) is 0 Å². The number of nitrogens with one attached hydrogen (secondary N) is 2. The number of nitrogens with zero attached hydrogens (tertiary/aromatic N) is 1. The lowest BCUT2D eigenvalue weighted by Crippen LogP contribution is -2.45. The van der Waals surface area contributed by atoms with Gasteiger partial charge in [0.05, 0.1) is 0 Å². The molecule has 0 spiro atoms. The van der Waals surface area contributed by atoms with Crippen molar-refractivity contribution in [3.05, 3.63) is 12.7 Å². The molecule has 1 unspecified atom stereocenters. The monoisotopic (exact) mass is 365 g/mol. The third-order valence-corrected chi connectivity index (χ3v) is 5.04. The molecule has 136 valence electrons. The Morgan fingerprint density at radius 3 is 2.43 bits per heavy atom. The highest BCUT2D eigenvalue weighted by molar-refractivity contribution is 5.85. The van der Waals surface area contributed by atoms with E-state index in [1.165, 1.54) is 12.8 Å². The quantitative estimate of drug-likeness (QED) is 0.711. The molecule has 2 aliphatic rings. The molecule has 2 N–H and O–H groups in total. The second kappa shape index (κ2) is 12.1. The predicted octanol–water partition coefficient (Wildman–Crippen LogP) is 2.62. The molecule has 1 amide bonds. The average Bonchev–Trinajstić information content (AvgIpc) is 2.50. The van der Waals surface area contributed by atoms with Gasteiger partial charge in [-0.2, -0.15) is 0 Å². The summed E-state index contributed by atoms with van der Waals surface area (Å²) in [6.45, 7) is 11.3. The van der Waals surface area contributed by atoms with Crippen LogP contribution in [0, 0.1) is 11.8 Å². The highest BCUT2D eigenvalue weighted by Crippen LogP contribution is 2.24. The van der Waals surface area contributed by atoms with Crippen molar-refractivity contribution in [2.75, 3.05) is 32.7 Å². The predicted molar refractivity (Wildman–Crippen MR) is 102 cm³/mol. The third kappa shape index (κ3) is 7.88. The van der Waals surface area contributed by atoms with Gasteiger partial charge in [0.1, 0.15) is 0 Å². The molecule has 2 saturated heterocycles. The summed E-state index contributed by atoms with van der Waals surface area (Å²) < 4.78 is 0. The number of amides is 1. The smallest absolute Gasteiger partial charge is 0.220 e. The lowest BCUT2D eigenvalue weighted by Gasteiger charge is -2.32. The summed E-state index contributed by atoms with van der Waals surface area (Å²) in [6, 6.07) is 0.374. The van der Waals surface area contributed by atoms with Gasteiger partial charge in [-0.1, -0.05) is 13.0 Å². The maximum absolute atomic E-state index is 12.2. The van der Waals surface area contributed by atoms with Gasteiger partial charge in [0, 0.05) is 32.1 Å². The zero-order valence-electron chi connectivity index (χ0n) is 14.3. The molecule has 2 fully saturated rings. The Labute approximate surface area is 153 Å². The molecule has 0 radical (unpaired) electrons. The zero-order chi connectivity index (χ0) is 15.1. The fourth-order valence-corrected chi connectivity index (χ4v) is 3.60. The average molecular weight is 366 g/mol. The van der Waals surface area contributed by atoms with Crippen LogP contribution < -0.4 is 10.6 Å².